The van der Waals surface area contributed by atoms with Gasteiger partial charge in [-0.05, 0) is 18.1 Å². The normalized spacial score (nSPS) is 16.6. The molecular weight excluding hydrogens is 334 g/mol. The van der Waals surface area contributed by atoms with Gasteiger partial charge in [-0.2, -0.15) is 0 Å². The van der Waals surface area contributed by atoms with E-state index in [1.54, 1.807) is 23.9 Å². The number of aromatic nitrogens is 2. The molecule has 0 aliphatic carbocycles. The molecule has 1 aliphatic heterocycles. The molecule has 120 valence electrons. The van der Waals surface area contributed by atoms with Crippen molar-refractivity contribution >= 4 is 40.1 Å². The zero-order valence-corrected chi connectivity index (χ0v) is 14.1. The maximum Gasteiger partial charge on any atom is 0.339 e. The van der Waals surface area contributed by atoms with Gasteiger partial charge in [-0.1, -0.05) is 48.2 Å². The molecule has 2 heterocycles. The van der Waals surface area contributed by atoms with E-state index in [1.165, 1.54) is 11.3 Å². The van der Waals surface area contributed by atoms with Crippen molar-refractivity contribution in [2.24, 2.45) is 0 Å². The number of esters is 1. The van der Waals surface area contributed by atoms with E-state index in [2.05, 4.69) is 22.4 Å². The van der Waals surface area contributed by atoms with E-state index in [1.807, 2.05) is 12.1 Å². The van der Waals surface area contributed by atoms with Crippen LogP contribution in [0, 0.1) is 0 Å². The predicted octanol–water partition coefficient (Wildman–Crippen LogP) is 2.76. The van der Waals surface area contributed by atoms with Crippen molar-refractivity contribution in [2.45, 2.75) is 30.2 Å². The minimum Gasteiger partial charge on any atom is -0.448 e. The van der Waals surface area contributed by atoms with Gasteiger partial charge in [-0.15, -0.1) is 10.2 Å². The topological polar surface area (TPSA) is 81.2 Å². The summed E-state index contributed by atoms with van der Waals surface area (Å²) in [6.45, 7) is 2.09. The third kappa shape index (κ3) is 3.70. The fourth-order valence-corrected chi connectivity index (χ4v) is 3.85. The van der Waals surface area contributed by atoms with Gasteiger partial charge < -0.3 is 4.74 Å². The Morgan fingerprint density at radius 1 is 1.43 bits per heavy atom. The molecule has 0 radical (unpaired) electrons. The lowest BCUT2D eigenvalue weighted by Crippen LogP contribution is -2.37. The second-order valence-corrected chi connectivity index (χ2v) is 7.29. The second kappa shape index (κ2) is 7.10. The van der Waals surface area contributed by atoms with Gasteiger partial charge in [0.2, 0.25) is 5.13 Å². The summed E-state index contributed by atoms with van der Waals surface area (Å²) in [4.78, 5) is 24.2. The number of benzene rings is 1. The maximum atomic E-state index is 12.3. The number of carbonyl (C=O) groups excluding carboxylic acids is 2. The first kappa shape index (κ1) is 15.9. The number of nitrogens with zero attached hydrogens (tertiary/aromatic N) is 2. The van der Waals surface area contributed by atoms with Crippen LogP contribution >= 0.6 is 23.1 Å². The molecule has 0 spiro atoms. The summed E-state index contributed by atoms with van der Waals surface area (Å²) in [7, 11) is 0. The van der Waals surface area contributed by atoms with Crippen LogP contribution in [0.15, 0.2) is 28.6 Å². The molecule has 1 aliphatic rings. The lowest BCUT2D eigenvalue weighted by Gasteiger charge is -2.23. The van der Waals surface area contributed by atoms with Gasteiger partial charge >= 0.3 is 5.97 Å². The fourth-order valence-electron chi connectivity index (χ4n) is 2.17. The summed E-state index contributed by atoms with van der Waals surface area (Å²) < 4.78 is 6.03. The van der Waals surface area contributed by atoms with E-state index < -0.39 is 12.1 Å². The Kier molecular flexibility index (Phi) is 4.92. The summed E-state index contributed by atoms with van der Waals surface area (Å²) in [6, 6.07) is 7.15. The third-order valence-electron chi connectivity index (χ3n) is 3.25. The van der Waals surface area contributed by atoms with Crippen molar-refractivity contribution in [2.75, 3.05) is 11.1 Å². The zero-order chi connectivity index (χ0) is 16.2. The molecule has 23 heavy (non-hydrogen) atoms. The summed E-state index contributed by atoms with van der Waals surface area (Å²) in [5.74, 6) is 0.110. The Bertz CT molecular complexity index is 732. The van der Waals surface area contributed by atoms with Crippen molar-refractivity contribution in [3.8, 4) is 0 Å². The first-order valence-electron chi connectivity index (χ1n) is 7.23. The highest BCUT2D eigenvalue weighted by Crippen LogP contribution is 2.27. The van der Waals surface area contributed by atoms with E-state index in [4.69, 9.17) is 4.74 Å². The molecule has 1 atom stereocenters. The summed E-state index contributed by atoms with van der Waals surface area (Å²) in [5, 5.41) is 11.0. The Morgan fingerprint density at radius 3 is 3.09 bits per heavy atom. The number of hydrogen-bond donors (Lipinski definition) is 1. The van der Waals surface area contributed by atoms with E-state index in [-0.39, 0.29) is 5.91 Å². The fraction of sp³-hybridized carbons (Fsp3) is 0.333. The highest BCUT2D eigenvalue weighted by atomic mass is 32.2. The highest BCUT2D eigenvalue weighted by Gasteiger charge is 2.31. The highest BCUT2D eigenvalue weighted by molar-refractivity contribution is 8.01. The van der Waals surface area contributed by atoms with E-state index >= 15 is 0 Å². The molecule has 6 nitrogen and oxygen atoms in total. The molecule has 1 aromatic carbocycles. The molecule has 0 fully saturated rings. The first-order chi connectivity index (χ1) is 11.2. The number of hydrogen-bond acceptors (Lipinski definition) is 7. The van der Waals surface area contributed by atoms with Crippen LogP contribution in [0.3, 0.4) is 0 Å². The largest absolute Gasteiger partial charge is 0.448 e. The van der Waals surface area contributed by atoms with Crippen LogP contribution in [0.4, 0.5) is 5.13 Å². The van der Waals surface area contributed by atoms with Crippen molar-refractivity contribution in [3.63, 3.8) is 0 Å². The molecule has 1 aromatic heterocycles. The minimum atomic E-state index is -0.840. The van der Waals surface area contributed by atoms with Crippen LogP contribution in [0.1, 0.15) is 29.3 Å². The van der Waals surface area contributed by atoms with Crippen LogP contribution in [-0.2, 0) is 16.0 Å². The molecule has 1 amide bonds. The van der Waals surface area contributed by atoms with Crippen molar-refractivity contribution in [3.05, 3.63) is 35.4 Å². The lowest BCUT2D eigenvalue weighted by molar-refractivity contribution is -0.125. The Morgan fingerprint density at radius 2 is 2.26 bits per heavy atom. The van der Waals surface area contributed by atoms with Crippen LogP contribution in [-0.4, -0.2) is 33.9 Å². The number of anilines is 1. The average Bonchev–Trinajstić information content (AvgIpc) is 3.00. The van der Waals surface area contributed by atoms with Crippen molar-refractivity contribution < 1.29 is 14.3 Å². The van der Waals surface area contributed by atoms with Crippen LogP contribution < -0.4 is 5.32 Å². The number of ether oxygens (including phenoxy) is 1. The summed E-state index contributed by atoms with van der Waals surface area (Å²) in [5.41, 5.74) is 1.34. The number of carbonyl (C=O) groups is 2. The Hall–Kier alpha value is -1.93. The van der Waals surface area contributed by atoms with Crippen LogP contribution in [0.5, 0.6) is 0 Å². The van der Waals surface area contributed by atoms with Gasteiger partial charge in [0.15, 0.2) is 10.4 Å². The van der Waals surface area contributed by atoms with E-state index in [0.717, 1.165) is 22.1 Å². The van der Waals surface area contributed by atoms with Crippen molar-refractivity contribution in [1.29, 1.82) is 0 Å². The summed E-state index contributed by atoms with van der Waals surface area (Å²) >= 11 is 2.92. The number of cyclic esters (lactones) is 1. The quantitative estimate of drug-likeness (QED) is 0.508. The number of thioether (sulfide) groups is 1. The molecule has 1 unspecified atom stereocenters. The van der Waals surface area contributed by atoms with Gasteiger partial charge in [0.05, 0.1) is 5.56 Å². The Labute approximate surface area is 141 Å². The number of fused-ring (bicyclic) bond motifs is 1. The SMILES string of the molecule is CCCSc1nnc(NC(=O)C2Cc3ccccc3C(=O)O2)s1. The third-order valence-corrected chi connectivity index (χ3v) is 5.43. The molecule has 1 N–H and O–H groups in total. The number of nitrogens with one attached hydrogen (secondary N) is 1. The summed E-state index contributed by atoms with van der Waals surface area (Å²) in [6.07, 6.45) is 0.570. The van der Waals surface area contributed by atoms with E-state index in [9.17, 15) is 9.59 Å². The van der Waals surface area contributed by atoms with Gasteiger partial charge in [-0.25, -0.2) is 4.79 Å². The molecule has 2 aromatic rings. The van der Waals surface area contributed by atoms with Gasteiger partial charge in [-0.3, -0.25) is 10.1 Å². The average molecular weight is 349 g/mol. The van der Waals surface area contributed by atoms with Gasteiger partial charge in [0.1, 0.15) is 0 Å². The molecule has 0 bridgehead atoms. The Balaban J connectivity index is 1.65. The lowest BCUT2D eigenvalue weighted by atomic mass is 9.98. The molecular formula is C15H15N3O3S2. The smallest absolute Gasteiger partial charge is 0.339 e. The number of amides is 1. The van der Waals surface area contributed by atoms with Gasteiger partial charge in [0.25, 0.3) is 5.91 Å². The number of rotatable bonds is 5. The standard InChI is InChI=1S/C15H15N3O3S2/c1-2-7-22-15-18-17-14(23-15)16-12(19)11-8-9-5-3-4-6-10(9)13(20)21-11/h3-6,11H,2,7-8H2,1H3,(H,16,17,19). The second-order valence-electron chi connectivity index (χ2n) is 4.97. The predicted molar refractivity (Wildman–Crippen MR) is 88.9 cm³/mol. The maximum absolute atomic E-state index is 12.3. The van der Waals surface area contributed by atoms with Crippen molar-refractivity contribution in [1.82, 2.24) is 10.2 Å². The van der Waals surface area contributed by atoms with Gasteiger partial charge in [0, 0.05) is 12.2 Å². The van der Waals surface area contributed by atoms with Crippen LogP contribution in [0.2, 0.25) is 0 Å². The monoisotopic (exact) mass is 349 g/mol. The van der Waals surface area contributed by atoms with E-state index in [0.29, 0.717) is 17.1 Å². The molecule has 0 saturated heterocycles. The molecule has 0 saturated carbocycles. The molecule has 8 heteroatoms. The van der Waals surface area contributed by atoms with Crippen LogP contribution in [0.25, 0.3) is 0 Å². The first-order valence-corrected chi connectivity index (χ1v) is 9.03. The zero-order valence-electron chi connectivity index (χ0n) is 12.4. The molecule has 3 rings (SSSR count). The minimum absolute atomic E-state index is 0.365.